The minimum atomic E-state index is -3.80. The third-order valence-corrected chi connectivity index (χ3v) is 5.37. The largest absolute Gasteiger partial charge is 0.533 e. The number of hydrogen-bond donors (Lipinski definition) is 1. The molecule has 132 valence electrons. The smallest absolute Gasteiger partial charge is 0.402 e. The number of phosphoric acid groups is 1. The van der Waals surface area contributed by atoms with Crippen LogP contribution in [0.5, 0.6) is 0 Å². The van der Waals surface area contributed by atoms with Crippen molar-refractivity contribution in [3.8, 4) is 0 Å². The van der Waals surface area contributed by atoms with E-state index >= 15 is 0 Å². The lowest BCUT2D eigenvalue weighted by Crippen LogP contribution is -2.27. The van der Waals surface area contributed by atoms with Gasteiger partial charge >= 0.3 is 7.82 Å². The van der Waals surface area contributed by atoms with Crippen LogP contribution < -0.4 is 0 Å². The van der Waals surface area contributed by atoms with E-state index in [0.717, 1.165) is 12.8 Å². The highest BCUT2D eigenvalue weighted by Gasteiger charge is 2.58. The molecule has 6 heteroatoms. The zero-order chi connectivity index (χ0) is 18.0. The summed E-state index contributed by atoms with van der Waals surface area (Å²) >= 11 is 0. The monoisotopic (exact) mass is 352 g/mol. The van der Waals surface area contributed by atoms with Crippen LogP contribution in [-0.2, 0) is 18.1 Å². The van der Waals surface area contributed by atoms with Crippen LogP contribution in [0.4, 0.5) is 0 Å². The van der Waals surface area contributed by atoms with Crippen molar-refractivity contribution in [1.29, 1.82) is 0 Å². The van der Waals surface area contributed by atoms with Gasteiger partial charge in [-0.3, -0.25) is 4.52 Å². The van der Waals surface area contributed by atoms with Gasteiger partial charge in [0.2, 0.25) is 0 Å². The summed E-state index contributed by atoms with van der Waals surface area (Å²) in [4.78, 5) is 0. The fourth-order valence-corrected chi connectivity index (χ4v) is 4.29. The van der Waals surface area contributed by atoms with Crippen LogP contribution >= 0.6 is 7.82 Å². The molecule has 0 spiro atoms. The van der Waals surface area contributed by atoms with Crippen molar-refractivity contribution in [2.75, 3.05) is 0 Å². The molecule has 1 N–H and O–H groups in total. The molecule has 24 heavy (non-hydrogen) atoms. The Labute approximate surface area is 143 Å². The van der Waals surface area contributed by atoms with Gasteiger partial charge in [0.25, 0.3) is 5.79 Å². The zero-order valence-electron chi connectivity index (χ0n) is 14.7. The fourth-order valence-electron chi connectivity index (χ4n) is 2.64. The molecule has 5 nitrogen and oxygen atoms in total. The Kier molecular flexibility index (Phi) is 5.74. The number of aliphatic hydroxyl groups is 1. The van der Waals surface area contributed by atoms with E-state index in [0.29, 0.717) is 12.0 Å². The van der Waals surface area contributed by atoms with Gasteiger partial charge in [0.15, 0.2) is 5.76 Å². The topological polar surface area (TPSA) is 65.0 Å². The lowest BCUT2D eigenvalue weighted by molar-refractivity contribution is -0.0547. The van der Waals surface area contributed by atoms with E-state index in [2.05, 4.69) is 45.2 Å². The van der Waals surface area contributed by atoms with Gasteiger partial charge in [0.05, 0.1) is 6.10 Å². The first-order valence-corrected chi connectivity index (χ1v) is 9.43. The van der Waals surface area contributed by atoms with Crippen molar-refractivity contribution >= 4 is 7.82 Å². The molecule has 0 radical (unpaired) electrons. The van der Waals surface area contributed by atoms with Crippen molar-refractivity contribution in [2.24, 2.45) is 0 Å². The van der Waals surface area contributed by atoms with Crippen LogP contribution in [0, 0.1) is 0 Å². The molecule has 1 fully saturated rings. The molecule has 0 aliphatic carbocycles. The lowest BCUT2D eigenvalue weighted by atomic mass is 10.0. The van der Waals surface area contributed by atoms with Crippen molar-refractivity contribution in [1.82, 2.24) is 0 Å². The fraction of sp³-hybridized carbons (Fsp3) is 0.500. The van der Waals surface area contributed by atoms with Gasteiger partial charge in [-0.15, -0.1) is 5.73 Å². The second-order valence-corrected chi connectivity index (χ2v) is 7.86. The predicted octanol–water partition coefficient (Wildman–Crippen LogP) is 4.93. The first kappa shape index (κ1) is 19.0. The molecule has 1 saturated heterocycles. The van der Waals surface area contributed by atoms with E-state index in [1.54, 1.807) is 6.92 Å². The summed E-state index contributed by atoms with van der Waals surface area (Å²) in [5, 5.41) is 10.4. The molecule has 3 atom stereocenters. The number of rotatable bonds is 6. The average molecular weight is 352 g/mol. The van der Waals surface area contributed by atoms with Crippen molar-refractivity contribution in [2.45, 2.75) is 58.8 Å². The molecule has 2 aliphatic rings. The van der Waals surface area contributed by atoms with Crippen LogP contribution in [0.2, 0.25) is 0 Å². The van der Waals surface area contributed by atoms with Crippen molar-refractivity contribution < 1.29 is 23.2 Å². The Morgan fingerprint density at radius 1 is 1.42 bits per heavy atom. The zero-order valence-corrected chi connectivity index (χ0v) is 15.6. The summed E-state index contributed by atoms with van der Waals surface area (Å²) in [6, 6.07) is 0. The normalized spacial score (nSPS) is 32.2. The van der Waals surface area contributed by atoms with Gasteiger partial charge in [-0.1, -0.05) is 29.9 Å². The van der Waals surface area contributed by atoms with Crippen LogP contribution in [0.1, 0.15) is 47.0 Å². The van der Waals surface area contributed by atoms with Gasteiger partial charge in [0.1, 0.15) is 0 Å². The molecule has 2 heterocycles. The lowest BCUT2D eigenvalue weighted by Gasteiger charge is -2.24. The second-order valence-electron chi connectivity index (χ2n) is 6.39. The van der Waals surface area contributed by atoms with E-state index in [1.165, 1.54) is 17.2 Å². The molecule has 3 unspecified atom stereocenters. The standard InChI is InChI=1S/C18H25O5P/c1-6-12-18(19)17-15(5)16(21-24(20,22-17)23-18)11-10-14(4)9-7-8-13(2)3/h8,10,12,16,19H,1,7,9,11H2,2-5H3/b14-10+. The third kappa shape index (κ3) is 4.18. The highest BCUT2D eigenvalue weighted by Crippen LogP contribution is 2.67. The first-order chi connectivity index (χ1) is 11.2. The first-order valence-electron chi connectivity index (χ1n) is 7.97. The molecule has 2 aliphatic heterocycles. The van der Waals surface area contributed by atoms with E-state index in [-0.39, 0.29) is 5.76 Å². The average Bonchev–Trinajstić information content (AvgIpc) is 2.70. The Balaban J connectivity index is 2.13. The predicted molar refractivity (Wildman–Crippen MR) is 93.0 cm³/mol. The molecule has 2 bridgehead atoms. The van der Waals surface area contributed by atoms with E-state index in [9.17, 15) is 9.67 Å². The van der Waals surface area contributed by atoms with Gasteiger partial charge in [-0.05, 0) is 47.0 Å². The van der Waals surface area contributed by atoms with Crippen LogP contribution in [0.25, 0.3) is 0 Å². The Morgan fingerprint density at radius 3 is 2.75 bits per heavy atom. The molecule has 0 aromatic carbocycles. The maximum atomic E-state index is 12.4. The van der Waals surface area contributed by atoms with Crippen LogP contribution in [0.3, 0.4) is 0 Å². The van der Waals surface area contributed by atoms with Gasteiger partial charge < -0.3 is 9.63 Å². The Bertz CT molecular complexity index is 692. The van der Waals surface area contributed by atoms with Crippen molar-refractivity contribution in [3.63, 3.8) is 0 Å². The molecule has 2 rings (SSSR count). The van der Waals surface area contributed by atoms with Gasteiger partial charge in [0, 0.05) is 11.6 Å². The number of allylic oxidation sites excluding steroid dienone is 3. The van der Waals surface area contributed by atoms with Gasteiger partial charge in [-0.25, -0.2) is 9.09 Å². The highest BCUT2D eigenvalue weighted by atomic mass is 31.2. The number of phosphoric ester groups is 1. The Morgan fingerprint density at radius 2 is 2.12 bits per heavy atom. The third-order valence-electron chi connectivity index (χ3n) is 3.95. The molecule has 0 aromatic rings. The Hall–Kier alpha value is -1.35. The SMILES string of the molecule is C=C=CC1(O)OP2(=O)OC1=C(C)C(C/C=C(\C)CCC=C(C)C)O2. The second kappa shape index (κ2) is 7.26. The van der Waals surface area contributed by atoms with Crippen LogP contribution in [0.15, 0.2) is 53.0 Å². The van der Waals surface area contributed by atoms with Crippen LogP contribution in [-0.4, -0.2) is 17.0 Å². The minimum Gasteiger partial charge on any atom is -0.402 e. The quantitative estimate of drug-likeness (QED) is 0.417. The van der Waals surface area contributed by atoms with E-state index in [4.69, 9.17) is 13.6 Å². The summed E-state index contributed by atoms with van der Waals surface area (Å²) in [7, 11) is -3.80. The minimum absolute atomic E-state index is 0.119. The highest BCUT2D eigenvalue weighted by molar-refractivity contribution is 7.49. The summed E-state index contributed by atoms with van der Waals surface area (Å²) in [6.45, 7) is 11.4. The summed E-state index contributed by atoms with van der Waals surface area (Å²) in [6.07, 6.45) is 7.48. The molecule has 0 saturated carbocycles. The summed E-state index contributed by atoms with van der Waals surface area (Å²) < 4.78 is 28.2. The molecular formula is C18H25O5P. The van der Waals surface area contributed by atoms with E-state index < -0.39 is 19.7 Å². The van der Waals surface area contributed by atoms with Crippen molar-refractivity contribution in [3.05, 3.63) is 53.0 Å². The summed E-state index contributed by atoms with van der Waals surface area (Å²) in [5.41, 5.74) is 5.63. The number of hydrogen-bond acceptors (Lipinski definition) is 5. The molecular weight excluding hydrogens is 327 g/mol. The number of fused-ring (bicyclic) bond motifs is 2. The molecule has 0 aromatic heterocycles. The maximum Gasteiger partial charge on any atom is 0.533 e. The maximum absolute atomic E-state index is 12.4. The molecule has 0 amide bonds. The van der Waals surface area contributed by atoms with Gasteiger partial charge in [-0.2, -0.15) is 0 Å². The van der Waals surface area contributed by atoms with E-state index in [1.807, 2.05) is 0 Å². The summed E-state index contributed by atoms with van der Waals surface area (Å²) in [5.74, 6) is -1.80.